The van der Waals surface area contributed by atoms with E-state index in [1.807, 2.05) is 20.8 Å². The third-order valence-corrected chi connectivity index (χ3v) is 3.37. The molecule has 2 amide bonds. The Morgan fingerprint density at radius 3 is 2.39 bits per heavy atom. The van der Waals surface area contributed by atoms with Crippen LogP contribution in [0.2, 0.25) is 0 Å². The van der Waals surface area contributed by atoms with Crippen molar-refractivity contribution in [3.63, 3.8) is 0 Å². The molecule has 1 saturated heterocycles. The molecule has 0 aromatic carbocycles. The number of rotatable bonds is 5. The van der Waals surface area contributed by atoms with Crippen LogP contribution in [0.5, 0.6) is 0 Å². The highest BCUT2D eigenvalue weighted by Crippen LogP contribution is 2.27. The Balaban J connectivity index is 2.29. The van der Waals surface area contributed by atoms with Crippen LogP contribution in [0.15, 0.2) is 0 Å². The van der Waals surface area contributed by atoms with Crippen molar-refractivity contribution in [2.24, 2.45) is 11.3 Å². The van der Waals surface area contributed by atoms with Gasteiger partial charge in [-0.1, -0.05) is 20.8 Å². The first kappa shape index (κ1) is 15.0. The van der Waals surface area contributed by atoms with Gasteiger partial charge in [-0.05, 0) is 31.8 Å². The van der Waals surface area contributed by atoms with Crippen LogP contribution in [-0.2, 0) is 9.59 Å². The molecule has 1 heterocycles. The lowest BCUT2D eigenvalue weighted by atomic mass is 9.80. The monoisotopic (exact) mass is 255 g/mol. The normalized spacial score (nSPS) is 18.4. The van der Waals surface area contributed by atoms with Crippen LogP contribution in [0, 0.1) is 11.3 Å². The molecule has 0 atom stereocenters. The molecule has 1 rings (SSSR count). The fourth-order valence-electron chi connectivity index (χ4n) is 1.96. The molecule has 3 N–H and O–H groups in total. The van der Waals surface area contributed by atoms with Crippen molar-refractivity contribution in [3.05, 3.63) is 0 Å². The van der Waals surface area contributed by atoms with E-state index in [0.717, 1.165) is 25.9 Å². The Morgan fingerprint density at radius 1 is 1.22 bits per heavy atom. The summed E-state index contributed by atoms with van der Waals surface area (Å²) in [6.07, 6.45) is 1.65. The predicted octanol–water partition coefficient (Wildman–Crippen LogP) is 0.265. The van der Waals surface area contributed by atoms with Gasteiger partial charge in [0.25, 0.3) is 0 Å². The van der Waals surface area contributed by atoms with Crippen molar-refractivity contribution < 1.29 is 9.59 Å². The molecule has 1 aliphatic rings. The lowest BCUT2D eigenvalue weighted by Crippen LogP contribution is -2.48. The third-order valence-electron chi connectivity index (χ3n) is 3.37. The maximum Gasteiger partial charge on any atom is 0.239 e. The van der Waals surface area contributed by atoms with Gasteiger partial charge >= 0.3 is 0 Å². The van der Waals surface area contributed by atoms with Gasteiger partial charge in [-0.2, -0.15) is 0 Å². The number of piperidine rings is 1. The zero-order chi connectivity index (χ0) is 13.6. The molecule has 0 spiro atoms. The molecule has 0 aliphatic carbocycles. The lowest BCUT2D eigenvalue weighted by Gasteiger charge is -2.32. The molecule has 0 unspecified atom stereocenters. The number of hydrogen-bond acceptors (Lipinski definition) is 3. The van der Waals surface area contributed by atoms with Crippen molar-refractivity contribution >= 4 is 11.8 Å². The number of amides is 2. The summed E-state index contributed by atoms with van der Waals surface area (Å²) in [7, 11) is 0. The molecule has 5 heteroatoms. The van der Waals surface area contributed by atoms with E-state index >= 15 is 0 Å². The zero-order valence-corrected chi connectivity index (χ0v) is 11.6. The molecular formula is C13H25N3O2. The van der Waals surface area contributed by atoms with Crippen molar-refractivity contribution in [2.45, 2.75) is 33.6 Å². The van der Waals surface area contributed by atoms with Crippen LogP contribution < -0.4 is 16.0 Å². The summed E-state index contributed by atoms with van der Waals surface area (Å²) in [5.74, 6) is 0.296. The van der Waals surface area contributed by atoms with E-state index in [9.17, 15) is 9.59 Å². The number of hydrogen-bond donors (Lipinski definition) is 3. The molecule has 5 nitrogen and oxygen atoms in total. The topological polar surface area (TPSA) is 70.2 Å². The molecular weight excluding hydrogens is 230 g/mol. The molecule has 104 valence electrons. The van der Waals surface area contributed by atoms with E-state index in [0.29, 0.717) is 12.5 Å². The fraction of sp³-hybridized carbons (Fsp3) is 0.846. The van der Waals surface area contributed by atoms with Crippen LogP contribution in [-0.4, -0.2) is 38.0 Å². The highest BCUT2D eigenvalue weighted by atomic mass is 16.2. The molecule has 1 fully saturated rings. The average Bonchev–Trinajstić information content (AvgIpc) is 2.34. The Bertz CT molecular complexity index is 297. The van der Waals surface area contributed by atoms with Gasteiger partial charge in [-0.15, -0.1) is 0 Å². The van der Waals surface area contributed by atoms with Crippen molar-refractivity contribution in [1.82, 2.24) is 16.0 Å². The molecule has 1 aliphatic heterocycles. The number of carbonyl (C=O) groups excluding carboxylic acids is 2. The third kappa shape index (κ3) is 4.64. The maximum absolute atomic E-state index is 12.0. The second-order valence-electron chi connectivity index (χ2n) is 5.69. The summed E-state index contributed by atoms with van der Waals surface area (Å²) < 4.78 is 0. The molecule has 18 heavy (non-hydrogen) atoms. The summed E-state index contributed by atoms with van der Waals surface area (Å²) in [5.41, 5.74) is -0.330. The van der Waals surface area contributed by atoms with Crippen LogP contribution in [0.4, 0.5) is 0 Å². The standard InChI is InChI=1S/C13H25N3O2/c1-10(2)8-15-11(17)9-16-12(18)13(3)4-6-14-7-5-13/h10,14H,4-9H2,1-3H3,(H,15,17)(H,16,18). The highest BCUT2D eigenvalue weighted by Gasteiger charge is 2.34. The van der Waals surface area contributed by atoms with E-state index in [1.165, 1.54) is 0 Å². The van der Waals surface area contributed by atoms with Crippen molar-refractivity contribution in [3.8, 4) is 0 Å². The van der Waals surface area contributed by atoms with Crippen molar-refractivity contribution in [1.29, 1.82) is 0 Å². The average molecular weight is 255 g/mol. The first-order valence-electron chi connectivity index (χ1n) is 6.70. The number of nitrogens with one attached hydrogen (secondary N) is 3. The van der Waals surface area contributed by atoms with Gasteiger partial charge in [0.1, 0.15) is 0 Å². The minimum Gasteiger partial charge on any atom is -0.354 e. The smallest absolute Gasteiger partial charge is 0.239 e. The lowest BCUT2D eigenvalue weighted by molar-refractivity contribution is -0.133. The zero-order valence-electron chi connectivity index (χ0n) is 11.6. The maximum atomic E-state index is 12.0. The van der Waals surface area contributed by atoms with Gasteiger partial charge in [0.05, 0.1) is 6.54 Å². The number of carbonyl (C=O) groups is 2. The summed E-state index contributed by atoms with van der Waals surface area (Å²) >= 11 is 0. The summed E-state index contributed by atoms with van der Waals surface area (Å²) in [6.45, 7) is 8.50. The quantitative estimate of drug-likeness (QED) is 0.660. The van der Waals surface area contributed by atoms with Crippen LogP contribution in [0.1, 0.15) is 33.6 Å². The minimum absolute atomic E-state index is 0.0105. The van der Waals surface area contributed by atoms with Crippen molar-refractivity contribution in [2.75, 3.05) is 26.2 Å². The predicted molar refractivity (Wildman–Crippen MR) is 71.1 cm³/mol. The minimum atomic E-state index is -0.330. The van der Waals surface area contributed by atoms with Gasteiger partial charge in [0, 0.05) is 12.0 Å². The molecule has 0 aromatic rings. The summed E-state index contributed by atoms with van der Waals surface area (Å²) in [5, 5.41) is 8.76. The van der Waals surface area contributed by atoms with Crippen LogP contribution >= 0.6 is 0 Å². The first-order valence-corrected chi connectivity index (χ1v) is 6.70. The largest absolute Gasteiger partial charge is 0.354 e. The van der Waals surface area contributed by atoms with Gasteiger partial charge in [0.15, 0.2) is 0 Å². The molecule has 0 saturated carbocycles. The van der Waals surface area contributed by atoms with E-state index in [4.69, 9.17) is 0 Å². The first-order chi connectivity index (χ1) is 8.44. The summed E-state index contributed by atoms with van der Waals surface area (Å²) in [6, 6.07) is 0. The van der Waals surface area contributed by atoms with Gasteiger partial charge in [0.2, 0.25) is 11.8 Å². The van der Waals surface area contributed by atoms with E-state index < -0.39 is 0 Å². The van der Waals surface area contributed by atoms with Crippen LogP contribution in [0.3, 0.4) is 0 Å². The van der Waals surface area contributed by atoms with Gasteiger partial charge in [-0.3, -0.25) is 9.59 Å². The molecule has 0 bridgehead atoms. The van der Waals surface area contributed by atoms with Crippen LogP contribution in [0.25, 0.3) is 0 Å². The van der Waals surface area contributed by atoms with E-state index in [2.05, 4.69) is 16.0 Å². The highest BCUT2D eigenvalue weighted by molar-refractivity contribution is 5.87. The van der Waals surface area contributed by atoms with E-state index in [-0.39, 0.29) is 23.8 Å². The second kappa shape index (κ2) is 6.73. The Hall–Kier alpha value is -1.10. The Kier molecular flexibility index (Phi) is 5.59. The summed E-state index contributed by atoms with van der Waals surface area (Å²) in [4.78, 5) is 23.5. The second-order valence-corrected chi connectivity index (χ2v) is 5.69. The van der Waals surface area contributed by atoms with Gasteiger partial charge < -0.3 is 16.0 Å². The SMILES string of the molecule is CC(C)CNC(=O)CNC(=O)C1(C)CCNCC1. The molecule has 0 radical (unpaired) electrons. The van der Waals surface area contributed by atoms with E-state index in [1.54, 1.807) is 0 Å². The Labute approximate surface area is 109 Å². The fourth-order valence-corrected chi connectivity index (χ4v) is 1.96. The Morgan fingerprint density at radius 2 is 1.83 bits per heavy atom. The van der Waals surface area contributed by atoms with Gasteiger partial charge in [-0.25, -0.2) is 0 Å². The molecule has 0 aromatic heterocycles.